The topological polar surface area (TPSA) is 98.3 Å². The monoisotopic (exact) mass is 531 g/mol. The largest absolute Gasteiger partial charge is 0.378 e. The second-order valence-electron chi connectivity index (χ2n) is 9.47. The summed E-state index contributed by atoms with van der Waals surface area (Å²) in [4.78, 5) is 23.0. The van der Waals surface area contributed by atoms with Crippen molar-refractivity contribution in [2.75, 3.05) is 5.32 Å². The Morgan fingerprint density at radius 2 is 1.62 bits per heavy atom. The molecule has 0 aromatic heterocycles. The third-order valence-electron chi connectivity index (χ3n) is 7.51. The first-order valence-corrected chi connectivity index (χ1v) is 13.3. The molecule has 5 unspecified atom stereocenters. The van der Waals surface area contributed by atoms with Crippen LogP contribution in [-0.4, -0.2) is 20.5 Å². The lowest BCUT2D eigenvalue weighted by atomic mass is 9.76. The van der Waals surface area contributed by atoms with E-state index in [1.807, 2.05) is 18.2 Å². The van der Waals surface area contributed by atoms with Crippen LogP contribution in [-0.2, 0) is 0 Å². The van der Waals surface area contributed by atoms with Crippen molar-refractivity contribution in [3.8, 4) is 0 Å². The molecule has 0 saturated heterocycles. The number of non-ortho nitro benzene ring substituents is 1. The molecule has 0 bridgehead atoms. The van der Waals surface area contributed by atoms with Crippen LogP contribution < -0.4 is 5.32 Å². The minimum Gasteiger partial charge on any atom is -0.378 e. The predicted molar refractivity (Wildman–Crippen MR) is 147 cm³/mol. The summed E-state index contributed by atoms with van der Waals surface area (Å²) >= 11 is 8.61. The second-order valence-corrected chi connectivity index (χ2v) is 11.3. The van der Waals surface area contributed by atoms with Crippen LogP contribution >= 0.6 is 23.4 Å². The summed E-state index contributed by atoms with van der Waals surface area (Å²) in [5.41, 5.74) is 2.91. The average Bonchev–Trinajstić information content (AvgIpc) is 3.23. The summed E-state index contributed by atoms with van der Waals surface area (Å²) < 4.78 is 0. The first-order valence-electron chi connectivity index (χ1n) is 12.0. The molecule has 1 aliphatic carbocycles. The van der Waals surface area contributed by atoms with Crippen LogP contribution in [0.2, 0.25) is 0 Å². The average molecular weight is 532 g/mol. The molecule has 4 aromatic rings. The van der Waals surface area contributed by atoms with E-state index in [0.717, 1.165) is 27.6 Å². The van der Waals surface area contributed by atoms with Crippen LogP contribution in [0.3, 0.4) is 0 Å². The van der Waals surface area contributed by atoms with Gasteiger partial charge < -0.3 is 5.32 Å². The number of halogens is 1. The van der Waals surface area contributed by atoms with E-state index in [1.54, 1.807) is 30.3 Å². The van der Waals surface area contributed by atoms with Crippen molar-refractivity contribution < 1.29 is 9.85 Å². The quantitative estimate of drug-likeness (QED) is 0.161. The van der Waals surface area contributed by atoms with Gasteiger partial charge in [-0.25, -0.2) is 0 Å². The van der Waals surface area contributed by atoms with Crippen molar-refractivity contribution in [2.45, 2.75) is 33.9 Å². The van der Waals surface area contributed by atoms with Crippen LogP contribution in [0.4, 0.5) is 17.1 Å². The number of rotatable bonds is 5. The molecule has 5 atom stereocenters. The van der Waals surface area contributed by atoms with Crippen LogP contribution in [0, 0.1) is 26.1 Å². The van der Waals surface area contributed by atoms with E-state index in [2.05, 4.69) is 29.6 Å². The Balaban J connectivity index is 1.46. The summed E-state index contributed by atoms with van der Waals surface area (Å²) in [6.45, 7) is 0. The molecule has 186 valence electrons. The molecule has 7 nitrogen and oxygen atoms in total. The minimum atomic E-state index is -0.385. The molecule has 1 saturated carbocycles. The second kappa shape index (κ2) is 9.36. The Kier molecular flexibility index (Phi) is 6.01. The number of thioether (sulfide) groups is 1. The predicted octanol–water partition coefficient (Wildman–Crippen LogP) is 7.69. The van der Waals surface area contributed by atoms with Gasteiger partial charge in [0.25, 0.3) is 11.4 Å². The Morgan fingerprint density at radius 3 is 2.43 bits per heavy atom. The maximum Gasteiger partial charge on any atom is 0.282 e. The molecule has 6 rings (SSSR count). The first kappa shape index (κ1) is 23.8. The molecule has 2 aliphatic rings. The number of nitro groups is 2. The highest BCUT2D eigenvalue weighted by molar-refractivity contribution is 8.00. The molecule has 9 heteroatoms. The Labute approximate surface area is 222 Å². The van der Waals surface area contributed by atoms with Crippen molar-refractivity contribution in [3.05, 3.63) is 116 Å². The molecule has 1 aliphatic heterocycles. The number of alkyl halides is 1. The molecule has 1 fully saturated rings. The summed E-state index contributed by atoms with van der Waals surface area (Å²) in [6.07, 6.45) is 0.707. The standard InChI is InChI=1S/C28H22ClN3O4S/c29-27-25(37-24-11-4-3-10-23(24)32(35)36)15-21-26(27)20-14-17(31(33)34)12-13-22(20)30-28(21)19-9-5-7-16-6-1-2-8-18(16)19/h1-14,21,25-28,30H,15H2. The van der Waals surface area contributed by atoms with E-state index in [9.17, 15) is 20.2 Å². The number of nitrogens with one attached hydrogen (secondary N) is 1. The zero-order chi connectivity index (χ0) is 25.7. The minimum absolute atomic E-state index is 0.0292. The molecular weight excluding hydrogens is 510 g/mol. The molecule has 0 spiro atoms. The number of fused-ring (bicyclic) bond motifs is 4. The van der Waals surface area contributed by atoms with E-state index < -0.39 is 0 Å². The third kappa shape index (κ3) is 4.10. The summed E-state index contributed by atoms with van der Waals surface area (Å²) in [6, 6.07) is 26.1. The number of anilines is 1. The van der Waals surface area contributed by atoms with Gasteiger partial charge in [-0.2, -0.15) is 0 Å². The number of benzene rings is 4. The van der Waals surface area contributed by atoms with E-state index >= 15 is 0 Å². The maximum absolute atomic E-state index is 11.6. The van der Waals surface area contributed by atoms with Crippen LogP contribution in [0.15, 0.2) is 89.8 Å². The molecule has 1 N–H and O–H groups in total. The fourth-order valence-corrected chi connectivity index (χ4v) is 7.86. The summed E-state index contributed by atoms with van der Waals surface area (Å²) in [5.74, 6) is -0.106. The van der Waals surface area contributed by atoms with Crippen molar-refractivity contribution in [3.63, 3.8) is 0 Å². The van der Waals surface area contributed by atoms with Crippen molar-refractivity contribution in [1.29, 1.82) is 0 Å². The number of para-hydroxylation sites is 1. The lowest BCUT2D eigenvalue weighted by Gasteiger charge is -2.38. The van der Waals surface area contributed by atoms with E-state index in [1.165, 1.54) is 23.9 Å². The van der Waals surface area contributed by atoms with Gasteiger partial charge in [0.15, 0.2) is 0 Å². The fourth-order valence-electron chi connectivity index (χ4n) is 5.92. The maximum atomic E-state index is 11.6. The molecule has 0 radical (unpaired) electrons. The van der Waals surface area contributed by atoms with Crippen molar-refractivity contribution in [1.82, 2.24) is 0 Å². The SMILES string of the molecule is O=[N+]([O-])c1ccc2c(c1)C1C(Cl)C(Sc3ccccc3[N+](=O)[O-])CC1C(c1cccc3ccccc13)N2. The van der Waals surface area contributed by atoms with Gasteiger partial charge in [0.1, 0.15) is 0 Å². The molecule has 1 heterocycles. The van der Waals surface area contributed by atoms with E-state index in [4.69, 9.17) is 11.6 Å². The zero-order valence-electron chi connectivity index (χ0n) is 19.5. The fraction of sp³-hybridized carbons (Fsp3) is 0.214. The number of hydrogen-bond acceptors (Lipinski definition) is 6. The molecule has 4 aromatic carbocycles. The number of nitrogens with zero attached hydrogens (tertiary/aromatic N) is 2. The first-order chi connectivity index (χ1) is 17.9. The van der Waals surface area contributed by atoms with Gasteiger partial charge in [0, 0.05) is 35.1 Å². The molecule has 0 amide bonds. The summed E-state index contributed by atoms with van der Waals surface area (Å²) in [7, 11) is 0. The smallest absolute Gasteiger partial charge is 0.282 e. The highest BCUT2D eigenvalue weighted by Crippen LogP contribution is 2.58. The van der Waals surface area contributed by atoms with Gasteiger partial charge in [-0.3, -0.25) is 20.2 Å². The van der Waals surface area contributed by atoms with Gasteiger partial charge in [0.05, 0.1) is 26.2 Å². The van der Waals surface area contributed by atoms with Crippen molar-refractivity contribution in [2.24, 2.45) is 5.92 Å². The van der Waals surface area contributed by atoms with E-state index in [0.29, 0.717) is 11.3 Å². The van der Waals surface area contributed by atoms with Gasteiger partial charge in [-0.15, -0.1) is 23.4 Å². The highest BCUT2D eigenvalue weighted by Gasteiger charge is 2.51. The van der Waals surface area contributed by atoms with Gasteiger partial charge in [-0.05, 0) is 46.4 Å². The Morgan fingerprint density at radius 1 is 0.865 bits per heavy atom. The zero-order valence-corrected chi connectivity index (χ0v) is 21.1. The normalized spacial score (nSPS) is 24.2. The lowest BCUT2D eigenvalue weighted by molar-refractivity contribution is -0.387. The molecular formula is C28H22ClN3O4S. The third-order valence-corrected chi connectivity index (χ3v) is 9.62. The van der Waals surface area contributed by atoms with Crippen molar-refractivity contribution >= 4 is 51.2 Å². The summed E-state index contributed by atoms with van der Waals surface area (Å²) in [5, 5.41) is 28.7. The van der Waals surface area contributed by atoms with Gasteiger partial charge in [0.2, 0.25) is 0 Å². The van der Waals surface area contributed by atoms with Gasteiger partial charge in [-0.1, -0.05) is 54.6 Å². The number of hydrogen-bond donors (Lipinski definition) is 1. The lowest BCUT2D eigenvalue weighted by Crippen LogP contribution is -2.31. The van der Waals surface area contributed by atoms with Crippen LogP contribution in [0.1, 0.15) is 29.5 Å². The van der Waals surface area contributed by atoms with Crippen LogP contribution in [0.5, 0.6) is 0 Å². The van der Waals surface area contributed by atoms with E-state index in [-0.39, 0.29) is 49.7 Å². The van der Waals surface area contributed by atoms with Crippen LogP contribution in [0.25, 0.3) is 10.8 Å². The molecule has 37 heavy (non-hydrogen) atoms. The number of nitro benzene ring substituents is 2. The highest BCUT2D eigenvalue weighted by atomic mass is 35.5. The van der Waals surface area contributed by atoms with Gasteiger partial charge >= 0.3 is 0 Å². The Hall–Kier alpha value is -3.62. The Bertz CT molecular complexity index is 1540.